The molecule has 0 bridgehead atoms. The summed E-state index contributed by atoms with van der Waals surface area (Å²) in [4.78, 5) is 12.5. The number of hydrogen-bond donors (Lipinski definition) is 0. The van der Waals surface area contributed by atoms with E-state index >= 15 is 0 Å². The molecule has 0 aliphatic heterocycles. The normalized spacial score (nSPS) is 12.8. The van der Waals surface area contributed by atoms with E-state index in [0.29, 0.717) is 17.9 Å². The SMILES string of the molecule is CC(Cl)c1nc2cc(F)ccc2n1Cc1ccncn1. The standard InChI is InChI=1S/C14H12ClFN4/c1-9(15)14-19-12-6-10(16)2-3-13(12)20(14)7-11-4-5-17-8-18-11/h2-6,8-9H,7H2,1H3. The van der Waals surface area contributed by atoms with Crippen LogP contribution in [0, 0.1) is 5.82 Å². The minimum atomic E-state index is -0.307. The third kappa shape index (κ3) is 2.36. The van der Waals surface area contributed by atoms with E-state index in [-0.39, 0.29) is 11.2 Å². The predicted molar refractivity (Wildman–Crippen MR) is 75.1 cm³/mol. The van der Waals surface area contributed by atoms with Crippen LogP contribution in [0.1, 0.15) is 23.8 Å². The zero-order valence-electron chi connectivity index (χ0n) is 10.8. The molecule has 0 radical (unpaired) electrons. The Morgan fingerprint density at radius 2 is 2.20 bits per heavy atom. The summed E-state index contributed by atoms with van der Waals surface area (Å²) >= 11 is 6.18. The fraction of sp³-hybridized carbons (Fsp3) is 0.214. The van der Waals surface area contributed by atoms with Crippen molar-refractivity contribution in [2.45, 2.75) is 18.8 Å². The van der Waals surface area contributed by atoms with Crippen LogP contribution >= 0.6 is 11.6 Å². The molecule has 1 atom stereocenters. The molecule has 2 heterocycles. The summed E-state index contributed by atoms with van der Waals surface area (Å²) in [7, 11) is 0. The second-order valence-electron chi connectivity index (χ2n) is 4.51. The molecule has 6 heteroatoms. The molecule has 1 unspecified atom stereocenters. The number of hydrogen-bond acceptors (Lipinski definition) is 3. The summed E-state index contributed by atoms with van der Waals surface area (Å²) in [5, 5.41) is -0.271. The average molecular weight is 291 g/mol. The summed E-state index contributed by atoms with van der Waals surface area (Å²) in [6, 6.07) is 6.37. The highest BCUT2D eigenvalue weighted by Crippen LogP contribution is 2.25. The van der Waals surface area contributed by atoms with Gasteiger partial charge in [-0.2, -0.15) is 0 Å². The number of benzene rings is 1. The minimum absolute atomic E-state index is 0.271. The number of halogens is 2. The van der Waals surface area contributed by atoms with Gasteiger partial charge in [-0.05, 0) is 25.1 Å². The zero-order chi connectivity index (χ0) is 14.1. The fourth-order valence-electron chi connectivity index (χ4n) is 2.17. The van der Waals surface area contributed by atoms with Crippen LogP contribution in [0.15, 0.2) is 36.8 Å². The van der Waals surface area contributed by atoms with E-state index < -0.39 is 0 Å². The smallest absolute Gasteiger partial charge is 0.128 e. The Hall–Kier alpha value is -2.01. The summed E-state index contributed by atoms with van der Waals surface area (Å²) in [6.45, 7) is 2.37. The average Bonchev–Trinajstić information content (AvgIpc) is 2.78. The molecule has 3 rings (SSSR count). The topological polar surface area (TPSA) is 43.6 Å². The second kappa shape index (κ2) is 5.17. The van der Waals surface area contributed by atoms with Gasteiger partial charge in [0.1, 0.15) is 18.0 Å². The van der Waals surface area contributed by atoms with Gasteiger partial charge in [0.15, 0.2) is 0 Å². The van der Waals surface area contributed by atoms with Crippen LogP contribution in [-0.2, 0) is 6.54 Å². The summed E-state index contributed by atoms with van der Waals surface area (Å²) in [5.41, 5.74) is 2.29. The molecule has 2 aromatic heterocycles. The van der Waals surface area contributed by atoms with Crippen molar-refractivity contribution in [1.29, 1.82) is 0 Å². The molecule has 0 amide bonds. The highest BCUT2D eigenvalue weighted by atomic mass is 35.5. The molecular weight excluding hydrogens is 279 g/mol. The summed E-state index contributed by atoms with van der Waals surface area (Å²) in [5.74, 6) is 0.392. The molecular formula is C14H12ClFN4. The lowest BCUT2D eigenvalue weighted by molar-refractivity contribution is 0.629. The first-order valence-electron chi connectivity index (χ1n) is 6.20. The van der Waals surface area contributed by atoms with E-state index in [9.17, 15) is 4.39 Å². The maximum Gasteiger partial charge on any atom is 0.128 e. The molecule has 4 nitrogen and oxygen atoms in total. The molecule has 0 aliphatic rings. The zero-order valence-corrected chi connectivity index (χ0v) is 11.5. The maximum atomic E-state index is 13.3. The quantitative estimate of drug-likeness (QED) is 0.695. The number of imidazole rings is 1. The van der Waals surface area contributed by atoms with Crippen LogP contribution in [0.3, 0.4) is 0 Å². The molecule has 102 valence electrons. The second-order valence-corrected chi connectivity index (χ2v) is 5.16. The Morgan fingerprint density at radius 3 is 2.90 bits per heavy atom. The Morgan fingerprint density at radius 1 is 1.35 bits per heavy atom. The number of fused-ring (bicyclic) bond motifs is 1. The molecule has 0 fully saturated rings. The van der Waals surface area contributed by atoms with Gasteiger partial charge in [0.2, 0.25) is 0 Å². The van der Waals surface area contributed by atoms with Crippen molar-refractivity contribution in [3.63, 3.8) is 0 Å². The Kier molecular flexibility index (Phi) is 3.36. The van der Waals surface area contributed by atoms with Crippen LogP contribution in [0.4, 0.5) is 4.39 Å². The van der Waals surface area contributed by atoms with E-state index in [4.69, 9.17) is 11.6 Å². The number of rotatable bonds is 3. The van der Waals surface area contributed by atoms with Crippen molar-refractivity contribution in [3.05, 3.63) is 54.1 Å². The Balaban J connectivity index is 2.14. The fourth-order valence-corrected chi connectivity index (χ4v) is 2.33. The van der Waals surface area contributed by atoms with Gasteiger partial charge < -0.3 is 4.57 Å². The van der Waals surface area contributed by atoms with Crippen molar-refractivity contribution < 1.29 is 4.39 Å². The van der Waals surface area contributed by atoms with E-state index in [1.165, 1.54) is 18.5 Å². The van der Waals surface area contributed by atoms with Crippen molar-refractivity contribution >= 4 is 22.6 Å². The van der Waals surface area contributed by atoms with Crippen LogP contribution in [-0.4, -0.2) is 19.5 Å². The molecule has 0 spiro atoms. The van der Waals surface area contributed by atoms with Crippen LogP contribution < -0.4 is 0 Å². The van der Waals surface area contributed by atoms with Crippen molar-refractivity contribution in [2.24, 2.45) is 0 Å². The van der Waals surface area contributed by atoms with E-state index in [2.05, 4.69) is 15.0 Å². The van der Waals surface area contributed by atoms with Gasteiger partial charge in [0.05, 0.1) is 28.6 Å². The van der Waals surface area contributed by atoms with Gasteiger partial charge in [0.25, 0.3) is 0 Å². The van der Waals surface area contributed by atoms with Gasteiger partial charge >= 0.3 is 0 Å². The molecule has 3 aromatic rings. The van der Waals surface area contributed by atoms with Crippen molar-refractivity contribution in [1.82, 2.24) is 19.5 Å². The van der Waals surface area contributed by atoms with Crippen LogP contribution in [0.2, 0.25) is 0 Å². The third-order valence-corrected chi connectivity index (χ3v) is 3.25. The Bertz CT molecular complexity index is 740. The van der Waals surface area contributed by atoms with Gasteiger partial charge in [-0.1, -0.05) is 0 Å². The molecule has 0 saturated carbocycles. The maximum absolute atomic E-state index is 13.3. The number of aromatic nitrogens is 4. The first-order valence-corrected chi connectivity index (χ1v) is 6.63. The largest absolute Gasteiger partial charge is 0.321 e. The lowest BCUT2D eigenvalue weighted by atomic mass is 10.3. The lowest BCUT2D eigenvalue weighted by Crippen LogP contribution is -2.07. The monoisotopic (exact) mass is 290 g/mol. The highest BCUT2D eigenvalue weighted by molar-refractivity contribution is 6.20. The number of nitrogens with zero attached hydrogens (tertiary/aromatic N) is 4. The summed E-state index contributed by atoms with van der Waals surface area (Å²) in [6.07, 6.45) is 3.18. The van der Waals surface area contributed by atoms with Crippen molar-refractivity contribution in [2.75, 3.05) is 0 Å². The Labute approximate surface area is 120 Å². The molecule has 0 N–H and O–H groups in total. The lowest BCUT2D eigenvalue weighted by Gasteiger charge is -2.09. The van der Waals surface area contributed by atoms with E-state index in [1.807, 2.05) is 17.6 Å². The first kappa shape index (κ1) is 13.0. The molecule has 0 aliphatic carbocycles. The van der Waals surface area contributed by atoms with Crippen LogP contribution in [0.25, 0.3) is 11.0 Å². The third-order valence-electron chi connectivity index (χ3n) is 3.06. The van der Waals surface area contributed by atoms with Crippen molar-refractivity contribution in [3.8, 4) is 0 Å². The molecule has 1 aromatic carbocycles. The van der Waals surface area contributed by atoms with Gasteiger partial charge in [-0.25, -0.2) is 19.3 Å². The van der Waals surface area contributed by atoms with Gasteiger partial charge in [-0.3, -0.25) is 0 Å². The minimum Gasteiger partial charge on any atom is -0.321 e. The molecule has 0 saturated heterocycles. The predicted octanol–water partition coefficient (Wildman–Crippen LogP) is 3.31. The molecule has 20 heavy (non-hydrogen) atoms. The van der Waals surface area contributed by atoms with E-state index in [1.54, 1.807) is 12.3 Å². The van der Waals surface area contributed by atoms with Gasteiger partial charge in [-0.15, -0.1) is 11.6 Å². The van der Waals surface area contributed by atoms with Crippen LogP contribution in [0.5, 0.6) is 0 Å². The van der Waals surface area contributed by atoms with E-state index in [0.717, 1.165) is 11.2 Å². The first-order chi connectivity index (χ1) is 9.65. The summed E-state index contributed by atoms with van der Waals surface area (Å²) < 4.78 is 15.3. The number of alkyl halides is 1. The van der Waals surface area contributed by atoms with Gasteiger partial charge in [0, 0.05) is 12.3 Å². The highest BCUT2D eigenvalue weighted by Gasteiger charge is 2.15.